The van der Waals surface area contributed by atoms with Gasteiger partial charge in [-0.1, -0.05) is 26.2 Å². The Morgan fingerprint density at radius 3 is 2.44 bits per heavy atom. The van der Waals surface area contributed by atoms with Crippen molar-refractivity contribution in [1.82, 2.24) is 10.2 Å². The van der Waals surface area contributed by atoms with E-state index in [1.165, 1.54) is 25.7 Å². The van der Waals surface area contributed by atoms with Crippen LogP contribution in [-0.2, 0) is 4.79 Å². The summed E-state index contributed by atoms with van der Waals surface area (Å²) in [7, 11) is 0. The molecule has 1 atom stereocenters. The van der Waals surface area contributed by atoms with E-state index < -0.39 is 0 Å². The van der Waals surface area contributed by atoms with Crippen LogP contribution in [-0.4, -0.2) is 37.0 Å². The third kappa shape index (κ3) is 3.05. The van der Waals surface area contributed by atoms with Crippen molar-refractivity contribution in [1.29, 1.82) is 0 Å². The molecular formula is C15H28N2O. The van der Waals surface area contributed by atoms with E-state index in [-0.39, 0.29) is 5.41 Å². The van der Waals surface area contributed by atoms with Gasteiger partial charge in [0, 0.05) is 19.6 Å². The second-order valence-electron chi connectivity index (χ2n) is 6.02. The molecule has 2 aliphatic heterocycles. The topological polar surface area (TPSA) is 32.3 Å². The van der Waals surface area contributed by atoms with Gasteiger partial charge in [0.1, 0.15) is 0 Å². The van der Waals surface area contributed by atoms with Crippen molar-refractivity contribution in [2.75, 3.05) is 26.2 Å². The Balaban J connectivity index is 2.06. The number of likely N-dealkylation sites (tertiary alicyclic amines) is 1. The maximum atomic E-state index is 12.9. The zero-order valence-corrected chi connectivity index (χ0v) is 11.8. The van der Waals surface area contributed by atoms with Crippen LogP contribution in [0.1, 0.15) is 58.3 Å². The molecule has 2 fully saturated rings. The average Bonchev–Trinajstić information content (AvgIpc) is 2.68. The maximum absolute atomic E-state index is 12.9. The lowest BCUT2D eigenvalue weighted by atomic mass is 9.75. The number of hydrogen-bond donors (Lipinski definition) is 1. The first-order chi connectivity index (χ1) is 8.78. The molecule has 2 rings (SSSR count). The lowest BCUT2D eigenvalue weighted by Gasteiger charge is -2.40. The number of carbonyl (C=O) groups is 1. The van der Waals surface area contributed by atoms with Gasteiger partial charge >= 0.3 is 0 Å². The average molecular weight is 252 g/mol. The Hall–Kier alpha value is -0.570. The van der Waals surface area contributed by atoms with Crippen LogP contribution in [0.2, 0.25) is 0 Å². The largest absolute Gasteiger partial charge is 0.342 e. The molecule has 3 nitrogen and oxygen atoms in total. The smallest absolute Gasteiger partial charge is 0.230 e. The van der Waals surface area contributed by atoms with Gasteiger partial charge in [-0.3, -0.25) is 4.79 Å². The van der Waals surface area contributed by atoms with Crippen molar-refractivity contribution in [2.45, 2.75) is 58.3 Å². The molecule has 18 heavy (non-hydrogen) atoms. The second kappa shape index (κ2) is 6.55. The number of amides is 1. The molecule has 2 heterocycles. The molecular weight excluding hydrogens is 224 g/mol. The predicted molar refractivity (Wildman–Crippen MR) is 74.5 cm³/mol. The summed E-state index contributed by atoms with van der Waals surface area (Å²) in [6.45, 7) is 6.16. The van der Waals surface area contributed by atoms with E-state index >= 15 is 0 Å². The number of piperidine rings is 1. The molecule has 0 aromatic rings. The first-order valence-corrected chi connectivity index (χ1v) is 7.79. The van der Waals surface area contributed by atoms with Gasteiger partial charge in [0.15, 0.2) is 0 Å². The highest BCUT2D eigenvalue weighted by Gasteiger charge is 2.41. The van der Waals surface area contributed by atoms with E-state index in [0.29, 0.717) is 5.91 Å². The normalized spacial score (nSPS) is 29.9. The summed E-state index contributed by atoms with van der Waals surface area (Å²) in [5.74, 6) is 0.443. The highest BCUT2D eigenvalue weighted by molar-refractivity contribution is 5.83. The molecule has 0 spiro atoms. The van der Waals surface area contributed by atoms with E-state index in [1.807, 2.05) is 0 Å². The standard InChI is InChI=1S/C15H28N2O/c1-2-8-15(9-7-10-16-13-15)14(18)17-11-5-3-4-6-12-17/h16H,2-13H2,1H3. The number of carbonyl (C=O) groups excluding carboxylic acids is 1. The summed E-state index contributed by atoms with van der Waals surface area (Å²) in [4.78, 5) is 15.1. The molecule has 0 saturated carbocycles. The number of nitrogens with zero attached hydrogens (tertiary/aromatic N) is 1. The summed E-state index contributed by atoms with van der Waals surface area (Å²) in [6.07, 6.45) is 9.38. The summed E-state index contributed by atoms with van der Waals surface area (Å²) in [5.41, 5.74) is -0.0860. The second-order valence-corrected chi connectivity index (χ2v) is 6.02. The van der Waals surface area contributed by atoms with E-state index in [4.69, 9.17) is 0 Å². The highest BCUT2D eigenvalue weighted by Crippen LogP contribution is 2.34. The van der Waals surface area contributed by atoms with Gasteiger partial charge < -0.3 is 10.2 Å². The zero-order valence-electron chi connectivity index (χ0n) is 11.8. The molecule has 0 aliphatic carbocycles. The minimum atomic E-state index is -0.0860. The molecule has 3 heteroatoms. The molecule has 2 aliphatic rings. The van der Waals surface area contributed by atoms with Crippen LogP contribution in [0, 0.1) is 5.41 Å². The summed E-state index contributed by atoms with van der Waals surface area (Å²) >= 11 is 0. The summed E-state index contributed by atoms with van der Waals surface area (Å²) < 4.78 is 0. The minimum absolute atomic E-state index is 0.0860. The fraction of sp³-hybridized carbons (Fsp3) is 0.933. The lowest BCUT2D eigenvalue weighted by molar-refractivity contribution is -0.143. The molecule has 0 bridgehead atoms. The van der Waals surface area contributed by atoms with Crippen molar-refractivity contribution in [2.24, 2.45) is 5.41 Å². The molecule has 104 valence electrons. The van der Waals surface area contributed by atoms with Crippen LogP contribution in [0.3, 0.4) is 0 Å². The number of hydrogen-bond acceptors (Lipinski definition) is 2. The quantitative estimate of drug-likeness (QED) is 0.837. The van der Waals surface area contributed by atoms with Crippen molar-refractivity contribution < 1.29 is 4.79 Å². The molecule has 0 aromatic carbocycles. The minimum Gasteiger partial charge on any atom is -0.342 e. The number of nitrogens with one attached hydrogen (secondary N) is 1. The zero-order chi connectivity index (χ0) is 12.8. The van der Waals surface area contributed by atoms with Crippen LogP contribution in [0.25, 0.3) is 0 Å². The van der Waals surface area contributed by atoms with Crippen LogP contribution >= 0.6 is 0 Å². The van der Waals surface area contributed by atoms with Crippen molar-refractivity contribution in [3.05, 3.63) is 0 Å². The highest BCUT2D eigenvalue weighted by atomic mass is 16.2. The molecule has 1 N–H and O–H groups in total. The molecule has 2 saturated heterocycles. The Bertz CT molecular complexity index is 258. The molecule has 1 amide bonds. The summed E-state index contributed by atoms with van der Waals surface area (Å²) in [5, 5.41) is 3.45. The van der Waals surface area contributed by atoms with Gasteiger partial charge in [0.05, 0.1) is 5.41 Å². The van der Waals surface area contributed by atoms with E-state index in [1.54, 1.807) is 0 Å². The SMILES string of the molecule is CCCC1(C(=O)N2CCCCCC2)CCCNC1. The van der Waals surface area contributed by atoms with Gasteiger partial charge in [0.2, 0.25) is 5.91 Å². The van der Waals surface area contributed by atoms with Crippen molar-refractivity contribution in [3.8, 4) is 0 Å². The Kier molecular flexibility index (Phi) is 5.04. The van der Waals surface area contributed by atoms with Gasteiger partial charge in [-0.05, 0) is 38.6 Å². The van der Waals surface area contributed by atoms with Gasteiger partial charge in [0.25, 0.3) is 0 Å². The van der Waals surface area contributed by atoms with Crippen molar-refractivity contribution in [3.63, 3.8) is 0 Å². The monoisotopic (exact) mass is 252 g/mol. The third-order valence-electron chi connectivity index (χ3n) is 4.55. The Morgan fingerprint density at radius 1 is 1.17 bits per heavy atom. The fourth-order valence-electron chi connectivity index (χ4n) is 3.56. The van der Waals surface area contributed by atoms with Crippen LogP contribution in [0.15, 0.2) is 0 Å². The first kappa shape index (κ1) is 13.9. The first-order valence-electron chi connectivity index (χ1n) is 7.79. The van der Waals surface area contributed by atoms with Crippen LogP contribution < -0.4 is 5.32 Å². The van der Waals surface area contributed by atoms with E-state index in [0.717, 1.165) is 51.9 Å². The summed E-state index contributed by atoms with van der Waals surface area (Å²) in [6, 6.07) is 0. The van der Waals surface area contributed by atoms with Crippen molar-refractivity contribution >= 4 is 5.91 Å². The molecule has 0 aromatic heterocycles. The van der Waals surface area contributed by atoms with Crippen LogP contribution in [0.5, 0.6) is 0 Å². The van der Waals surface area contributed by atoms with Crippen LogP contribution in [0.4, 0.5) is 0 Å². The lowest BCUT2D eigenvalue weighted by Crippen LogP contribution is -2.52. The third-order valence-corrected chi connectivity index (χ3v) is 4.55. The van der Waals surface area contributed by atoms with E-state index in [9.17, 15) is 4.79 Å². The Labute approximate surface area is 111 Å². The number of rotatable bonds is 3. The fourth-order valence-corrected chi connectivity index (χ4v) is 3.56. The Morgan fingerprint density at radius 2 is 1.89 bits per heavy atom. The van der Waals surface area contributed by atoms with Gasteiger partial charge in [-0.15, -0.1) is 0 Å². The predicted octanol–water partition coefficient (Wildman–Crippen LogP) is 2.56. The van der Waals surface area contributed by atoms with Gasteiger partial charge in [-0.2, -0.15) is 0 Å². The molecule has 0 radical (unpaired) electrons. The maximum Gasteiger partial charge on any atom is 0.230 e. The van der Waals surface area contributed by atoms with E-state index in [2.05, 4.69) is 17.1 Å². The molecule has 1 unspecified atom stereocenters. The van der Waals surface area contributed by atoms with Gasteiger partial charge in [-0.25, -0.2) is 0 Å².